The van der Waals surface area contributed by atoms with E-state index in [1.165, 1.54) is 18.9 Å². The average Bonchev–Trinajstić information content (AvgIpc) is 3.28. The largest absolute Gasteiger partial charge is 0.381 e. The standard InChI is InChI=1S/C20H30N4O4S/c1-29(26,27)17-13-21-20(24-8-3-2-4-9-24)22-18(17)15-5-10-23(11-6-15)19(25)16-7-12-28-14-16/h13,15-16H,2-12,14H2,1H3/t16-/m1/s1. The predicted octanol–water partition coefficient (Wildman–Crippen LogP) is 1.61. The summed E-state index contributed by atoms with van der Waals surface area (Å²) in [6.07, 6.45) is 8.36. The van der Waals surface area contributed by atoms with Crippen LogP contribution in [-0.4, -0.2) is 74.8 Å². The molecule has 0 unspecified atom stereocenters. The molecule has 3 fully saturated rings. The van der Waals surface area contributed by atoms with E-state index in [0.717, 1.165) is 45.2 Å². The number of rotatable bonds is 4. The number of aromatic nitrogens is 2. The van der Waals surface area contributed by atoms with Crippen molar-refractivity contribution >= 4 is 21.7 Å². The number of amides is 1. The summed E-state index contributed by atoms with van der Waals surface area (Å²) in [5.41, 5.74) is 0.624. The molecule has 9 heteroatoms. The molecule has 160 valence electrons. The number of anilines is 1. The third-order valence-corrected chi connectivity index (χ3v) is 7.39. The number of nitrogens with zero attached hydrogens (tertiary/aromatic N) is 4. The van der Waals surface area contributed by atoms with Gasteiger partial charge in [-0.2, -0.15) is 0 Å². The van der Waals surface area contributed by atoms with E-state index in [1.807, 2.05) is 4.90 Å². The van der Waals surface area contributed by atoms with Gasteiger partial charge in [-0.1, -0.05) is 0 Å². The van der Waals surface area contributed by atoms with Crippen LogP contribution in [0.15, 0.2) is 11.1 Å². The van der Waals surface area contributed by atoms with E-state index < -0.39 is 9.84 Å². The van der Waals surface area contributed by atoms with Crippen LogP contribution in [0.4, 0.5) is 5.95 Å². The van der Waals surface area contributed by atoms with Gasteiger partial charge in [-0.25, -0.2) is 18.4 Å². The molecule has 0 bridgehead atoms. The fourth-order valence-corrected chi connectivity index (χ4v) is 5.40. The van der Waals surface area contributed by atoms with Crippen molar-refractivity contribution in [3.8, 4) is 0 Å². The lowest BCUT2D eigenvalue weighted by Gasteiger charge is -2.34. The van der Waals surface area contributed by atoms with Gasteiger partial charge < -0.3 is 14.5 Å². The lowest BCUT2D eigenvalue weighted by Crippen LogP contribution is -2.42. The minimum absolute atomic E-state index is 0.0233. The minimum atomic E-state index is -3.41. The molecule has 8 nitrogen and oxygen atoms in total. The third kappa shape index (κ3) is 4.55. The zero-order chi connectivity index (χ0) is 20.4. The molecule has 1 atom stereocenters. The molecule has 0 aromatic carbocycles. The summed E-state index contributed by atoms with van der Waals surface area (Å²) in [6.45, 7) is 4.26. The van der Waals surface area contributed by atoms with Crippen LogP contribution < -0.4 is 4.90 Å². The number of sulfone groups is 1. The Hall–Kier alpha value is -1.74. The van der Waals surface area contributed by atoms with Crippen LogP contribution in [0.1, 0.15) is 50.1 Å². The number of likely N-dealkylation sites (tertiary alicyclic amines) is 1. The molecule has 0 aliphatic carbocycles. The highest BCUT2D eigenvalue weighted by atomic mass is 32.2. The minimum Gasteiger partial charge on any atom is -0.381 e. The van der Waals surface area contributed by atoms with E-state index in [1.54, 1.807) is 0 Å². The highest BCUT2D eigenvalue weighted by molar-refractivity contribution is 7.90. The van der Waals surface area contributed by atoms with Crippen molar-refractivity contribution in [1.29, 1.82) is 0 Å². The maximum Gasteiger partial charge on any atom is 0.228 e. The van der Waals surface area contributed by atoms with Crippen molar-refractivity contribution in [2.45, 2.75) is 49.3 Å². The first kappa shape index (κ1) is 20.5. The van der Waals surface area contributed by atoms with Gasteiger partial charge in [0.1, 0.15) is 4.90 Å². The molecule has 0 spiro atoms. The van der Waals surface area contributed by atoms with Crippen LogP contribution in [0.25, 0.3) is 0 Å². The van der Waals surface area contributed by atoms with E-state index in [-0.39, 0.29) is 22.6 Å². The Labute approximate surface area is 172 Å². The predicted molar refractivity (Wildman–Crippen MR) is 109 cm³/mol. The van der Waals surface area contributed by atoms with Gasteiger partial charge in [0.15, 0.2) is 9.84 Å². The van der Waals surface area contributed by atoms with E-state index in [2.05, 4.69) is 9.88 Å². The van der Waals surface area contributed by atoms with Gasteiger partial charge in [0, 0.05) is 45.0 Å². The number of carbonyl (C=O) groups is 1. The fraction of sp³-hybridized carbons (Fsp3) is 0.750. The summed E-state index contributed by atoms with van der Waals surface area (Å²) >= 11 is 0. The molecule has 1 amide bonds. The molecule has 3 saturated heterocycles. The number of carbonyl (C=O) groups excluding carboxylic acids is 1. The highest BCUT2D eigenvalue weighted by Crippen LogP contribution is 2.33. The monoisotopic (exact) mass is 422 g/mol. The molecular formula is C20H30N4O4S. The van der Waals surface area contributed by atoms with Gasteiger partial charge in [0.25, 0.3) is 0 Å². The second-order valence-electron chi connectivity index (χ2n) is 8.40. The van der Waals surface area contributed by atoms with Crippen LogP contribution in [0.2, 0.25) is 0 Å². The second-order valence-corrected chi connectivity index (χ2v) is 10.4. The van der Waals surface area contributed by atoms with Crippen LogP contribution in [0.3, 0.4) is 0 Å². The Balaban J connectivity index is 1.52. The van der Waals surface area contributed by atoms with Crippen LogP contribution in [-0.2, 0) is 19.4 Å². The fourth-order valence-electron chi connectivity index (χ4n) is 4.56. The maximum absolute atomic E-state index is 12.6. The van der Waals surface area contributed by atoms with Gasteiger partial charge >= 0.3 is 0 Å². The van der Waals surface area contributed by atoms with E-state index in [9.17, 15) is 13.2 Å². The Morgan fingerprint density at radius 2 is 1.83 bits per heavy atom. The Kier molecular flexibility index (Phi) is 6.06. The topological polar surface area (TPSA) is 92.7 Å². The van der Waals surface area contributed by atoms with E-state index >= 15 is 0 Å². The van der Waals surface area contributed by atoms with Gasteiger partial charge in [0.2, 0.25) is 11.9 Å². The van der Waals surface area contributed by atoms with Crippen LogP contribution >= 0.6 is 0 Å². The van der Waals surface area contributed by atoms with Gasteiger partial charge in [0.05, 0.1) is 24.4 Å². The number of ether oxygens (including phenoxy) is 1. The zero-order valence-corrected chi connectivity index (χ0v) is 17.9. The molecular weight excluding hydrogens is 392 g/mol. The molecule has 4 rings (SSSR count). The van der Waals surface area contributed by atoms with Gasteiger partial charge in [-0.15, -0.1) is 0 Å². The molecule has 29 heavy (non-hydrogen) atoms. The lowest BCUT2D eigenvalue weighted by atomic mass is 9.92. The summed E-state index contributed by atoms with van der Waals surface area (Å²) in [6, 6.07) is 0. The first-order valence-corrected chi connectivity index (χ1v) is 12.5. The lowest BCUT2D eigenvalue weighted by molar-refractivity contribution is -0.136. The van der Waals surface area contributed by atoms with Crippen molar-refractivity contribution in [3.63, 3.8) is 0 Å². The zero-order valence-electron chi connectivity index (χ0n) is 17.0. The number of hydrogen-bond donors (Lipinski definition) is 0. The van der Waals surface area contributed by atoms with Crippen molar-refractivity contribution in [2.24, 2.45) is 5.92 Å². The van der Waals surface area contributed by atoms with E-state index in [0.29, 0.717) is 37.9 Å². The summed E-state index contributed by atoms with van der Waals surface area (Å²) in [7, 11) is -3.41. The third-order valence-electron chi connectivity index (χ3n) is 6.28. The highest BCUT2D eigenvalue weighted by Gasteiger charge is 2.33. The maximum atomic E-state index is 12.6. The summed E-state index contributed by atoms with van der Waals surface area (Å²) in [4.78, 5) is 26.1. The van der Waals surface area contributed by atoms with Crippen molar-refractivity contribution < 1.29 is 17.9 Å². The Morgan fingerprint density at radius 1 is 1.10 bits per heavy atom. The normalized spacial score (nSPS) is 24.1. The molecule has 3 aliphatic heterocycles. The van der Waals surface area contributed by atoms with Crippen molar-refractivity contribution in [3.05, 3.63) is 11.9 Å². The summed E-state index contributed by atoms with van der Waals surface area (Å²) in [5, 5.41) is 0. The summed E-state index contributed by atoms with van der Waals surface area (Å²) in [5.74, 6) is 0.799. The van der Waals surface area contributed by atoms with Crippen LogP contribution in [0, 0.1) is 5.92 Å². The smallest absolute Gasteiger partial charge is 0.228 e. The molecule has 0 N–H and O–H groups in total. The molecule has 3 aliphatic rings. The Morgan fingerprint density at radius 3 is 2.45 bits per heavy atom. The number of hydrogen-bond acceptors (Lipinski definition) is 7. The summed E-state index contributed by atoms with van der Waals surface area (Å²) < 4.78 is 30.1. The van der Waals surface area contributed by atoms with E-state index in [4.69, 9.17) is 9.72 Å². The van der Waals surface area contributed by atoms with Crippen molar-refractivity contribution in [1.82, 2.24) is 14.9 Å². The second kappa shape index (κ2) is 8.55. The Bertz CT molecular complexity index is 840. The first-order valence-electron chi connectivity index (χ1n) is 10.6. The number of piperidine rings is 2. The van der Waals surface area contributed by atoms with Gasteiger partial charge in [-0.05, 0) is 38.5 Å². The van der Waals surface area contributed by atoms with Crippen molar-refractivity contribution in [2.75, 3.05) is 50.5 Å². The SMILES string of the molecule is CS(=O)(=O)c1cnc(N2CCCCC2)nc1C1CCN(C(=O)[C@@H]2CCOC2)CC1. The van der Waals surface area contributed by atoms with Gasteiger partial charge in [-0.3, -0.25) is 4.79 Å². The molecule has 4 heterocycles. The molecule has 0 radical (unpaired) electrons. The molecule has 1 aromatic rings. The molecule has 1 aromatic heterocycles. The quantitative estimate of drug-likeness (QED) is 0.728. The first-order chi connectivity index (χ1) is 13.9. The average molecular weight is 423 g/mol. The molecule has 0 saturated carbocycles. The van der Waals surface area contributed by atoms with Crippen LogP contribution in [0.5, 0.6) is 0 Å².